The van der Waals surface area contributed by atoms with Gasteiger partial charge >= 0.3 is 5.97 Å². The van der Waals surface area contributed by atoms with Crippen molar-refractivity contribution >= 4 is 39.2 Å². The maximum Gasteiger partial charge on any atom is 0.341 e. The molecule has 1 fully saturated rings. The molecule has 1 saturated carbocycles. The van der Waals surface area contributed by atoms with Crippen LogP contribution in [0.3, 0.4) is 0 Å². The van der Waals surface area contributed by atoms with Crippen LogP contribution in [0.25, 0.3) is 11.0 Å². The summed E-state index contributed by atoms with van der Waals surface area (Å²) in [7, 11) is 0. The van der Waals surface area contributed by atoms with Gasteiger partial charge in [-0.05, 0) is 68.6 Å². The van der Waals surface area contributed by atoms with Gasteiger partial charge in [0.05, 0.1) is 40.0 Å². The second-order valence-corrected chi connectivity index (χ2v) is 12.0. The first-order chi connectivity index (χ1) is 16.7. The molecule has 0 aliphatic heterocycles. The zero-order valence-electron chi connectivity index (χ0n) is 20.8. The number of aryl methyl sites for hydroxylation is 1. The molecule has 0 spiro atoms. The van der Waals surface area contributed by atoms with Gasteiger partial charge < -0.3 is 10.1 Å². The van der Waals surface area contributed by atoms with E-state index >= 15 is 0 Å². The molecule has 3 aliphatic carbocycles. The van der Waals surface area contributed by atoms with E-state index in [9.17, 15) is 9.59 Å². The van der Waals surface area contributed by atoms with Gasteiger partial charge in [-0.3, -0.25) is 4.79 Å². The molecule has 7 heteroatoms. The first-order valence-corrected chi connectivity index (χ1v) is 13.5. The number of nitrogens with zero attached hydrogens (tertiary/aromatic N) is 2. The average molecular weight is 490 g/mol. The van der Waals surface area contributed by atoms with Crippen molar-refractivity contribution in [1.29, 1.82) is 0 Å². The highest BCUT2D eigenvalue weighted by Gasteiger charge is 2.73. The highest BCUT2D eigenvalue weighted by Crippen LogP contribution is 2.70. The van der Waals surface area contributed by atoms with Crippen molar-refractivity contribution in [1.82, 2.24) is 9.97 Å². The third-order valence-corrected chi connectivity index (χ3v) is 10.4. The molecule has 182 valence electrons. The molecular weight excluding hydrogens is 458 g/mol. The number of nitrogens with one attached hydrogen (secondary N) is 1. The number of carbonyl (C=O) groups is 2. The summed E-state index contributed by atoms with van der Waals surface area (Å²) in [5.74, 6) is -0.425. The van der Waals surface area contributed by atoms with Crippen LogP contribution in [0, 0.1) is 5.41 Å². The SMILES string of the molecule is CCOC(=O)c1c(NC(=O)[C@@]23CC[C@](C)(c4nc5ccccc5nc42)C3(C)C)sc2c1CCCC2. The number of esters is 1. The Morgan fingerprint density at radius 1 is 1.03 bits per heavy atom. The summed E-state index contributed by atoms with van der Waals surface area (Å²) in [6.07, 6.45) is 5.53. The molecule has 0 saturated heterocycles. The van der Waals surface area contributed by atoms with Gasteiger partial charge in [0.2, 0.25) is 5.91 Å². The van der Waals surface area contributed by atoms with E-state index in [-0.39, 0.29) is 22.7 Å². The molecule has 35 heavy (non-hydrogen) atoms. The number of rotatable bonds is 4. The van der Waals surface area contributed by atoms with Crippen molar-refractivity contribution in [2.75, 3.05) is 11.9 Å². The summed E-state index contributed by atoms with van der Waals surface area (Å²) < 4.78 is 5.42. The van der Waals surface area contributed by atoms with Crippen LogP contribution in [0.1, 0.15) is 85.6 Å². The highest BCUT2D eigenvalue weighted by molar-refractivity contribution is 7.17. The fourth-order valence-corrected chi connectivity index (χ4v) is 8.10. The van der Waals surface area contributed by atoms with Gasteiger partial charge in [-0.25, -0.2) is 14.8 Å². The second kappa shape index (κ2) is 7.60. The predicted octanol–water partition coefficient (Wildman–Crippen LogP) is 5.71. The summed E-state index contributed by atoms with van der Waals surface area (Å²) in [5, 5.41) is 3.87. The Morgan fingerprint density at radius 2 is 1.71 bits per heavy atom. The van der Waals surface area contributed by atoms with E-state index in [4.69, 9.17) is 14.7 Å². The number of benzene rings is 1. The molecule has 2 heterocycles. The number of aromatic nitrogens is 2. The number of fused-ring (bicyclic) bond motifs is 7. The molecule has 1 aromatic carbocycles. The van der Waals surface area contributed by atoms with Gasteiger partial charge in [0.25, 0.3) is 0 Å². The number of hydrogen-bond donors (Lipinski definition) is 1. The Balaban J connectivity index is 1.48. The Kier molecular flexibility index (Phi) is 4.92. The molecule has 2 aromatic heterocycles. The summed E-state index contributed by atoms with van der Waals surface area (Å²) >= 11 is 1.54. The molecule has 1 N–H and O–H groups in total. The second-order valence-electron chi connectivity index (χ2n) is 10.9. The Labute approximate surface area is 209 Å². The normalized spacial score (nSPS) is 25.8. The van der Waals surface area contributed by atoms with Crippen LogP contribution in [0.4, 0.5) is 5.00 Å². The van der Waals surface area contributed by atoms with Crippen LogP contribution < -0.4 is 5.32 Å². The fraction of sp³-hybridized carbons (Fsp3) is 0.500. The van der Waals surface area contributed by atoms with Crippen LogP contribution in [0.5, 0.6) is 0 Å². The molecule has 0 radical (unpaired) electrons. The predicted molar refractivity (Wildman–Crippen MR) is 137 cm³/mol. The first kappa shape index (κ1) is 22.7. The van der Waals surface area contributed by atoms with Crippen molar-refractivity contribution < 1.29 is 14.3 Å². The summed E-state index contributed by atoms with van der Waals surface area (Å²) in [4.78, 5) is 38.7. The molecule has 3 aliphatic rings. The van der Waals surface area contributed by atoms with Crippen LogP contribution in [-0.2, 0) is 33.2 Å². The average Bonchev–Trinajstić information content (AvgIpc) is 3.35. The van der Waals surface area contributed by atoms with Crippen LogP contribution >= 0.6 is 11.3 Å². The molecule has 3 aromatic rings. The lowest BCUT2D eigenvalue weighted by atomic mass is 9.63. The smallest absolute Gasteiger partial charge is 0.341 e. The van der Waals surface area contributed by atoms with E-state index in [2.05, 4.69) is 26.1 Å². The Hall–Kier alpha value is -2.80. The standard InChI is InChI=1S/C28H31N3O3S/c1-5-34-24(32)20-16-10-6-9-13-19(16)35-23(20)31-25(33)28-15-14-27(4,26(28,2)3)21-22(28)30-18-12-8-7-11-17(18)29-21/h7-8,11-12H,5-6,9-10,13-15H2,1-4H3,(H,31,33)/t27-,28-/m1/s1. The van der Waals surface area contributed by atoms with Crippen molar-refractivity contribution in [2.24, 2.45) is 5.41 Å². The summed E-state index contributed by atoms with van der Waals surface area (Å²) in [6.45, 7) is 8.71. The Morgan fingerprint density at radius 3 is 2.43 bits per heavy atom. The fourth-order valence-electron chi connectivity index (χ4n) is 6.83. The lowest BCUT2D eigenvalue weighted by Crippen LogP contribution is -2.48. The van der Waals surface area contributed by atoms with Crippen molar-refractivity contribution in [2.45, 2.75) is 77.0 Å². The van der Waals surface area contributed by atoms with Crippen LogP contribution in [-0.4, -0.2) is 28.5 Å². The largest absolute Gasteiger partial charge is 0.462 e. The molecular formula is C28H31N3O3S. The van der Waals surface area contributed by atoms with Crippen LogP contribution in [0.15, 0.2) is 24.3 Å². The number of anilines is 1. The molecule has 6 rings (SSSR count). The molecule has 1 amide bonds. The van der Waals surface area contributed by atoms with E-state index in [0.717, 1.165) is 60.1 Å². The maximum absolute atomic E-state index is 14.4. The van der Waals surface area contributed by atoms with E-state index < -0.39 is 5.41 Å². The third kappa shape index (κ3) is 2.82. The van der Waals surface area contributed by atoms with Gasteiger partial charge in [-0.1, -0.05) is 32.9 Å². The molecule has 0 unspecified atom stereocenters. The quantitative estimate of drug-likeness (QED) is 0.475. The maximum atomic E-state index is 14.4. The zero-order chi connectivity index (χ0) is 24.6. The topological polar surface area (TPSA) is 81.2 Å². The minimum atomic E-state index is -0.815. The first-order valence-electron chi connectivity index (χ1n) is 12.7. The summed E-state index contributed by atoms with van der Waals surface area (Å²) in [5.41, 5.74) is 3.57. The number of hydrogen-bond acceptors (Lipinski definition) is 6. The van der Waals surface area contributed by atoms with E-state index in [1.807, 2.05) is 31.2 Å². The van der Waals surface area contributed by atoms with Gasteiger partial charge in [-0.2, -0.15) is 0 Å². The monoisotopic (exact) mass is 489 g/mol. The van der Waals surface area contributed by atoms with Crippen molar-refractivity contribution in [3.8, 4) is 0 Å². The lowest BCUT2D eigenvalue weighted by molar-refractivity contribution is -0.125. The lowest BCUT2D eigenvalue weighted by Gasteiger charge is -2.39. The number of thiophene rings is 1. The van der Waals surface area contributed by atoms with Gasteiger partial charge in [0, 0.05) is 10.3 Å². The number of ether oxygens (including phenoxy) is 1. The van der Waals surface area contributed by atoms with Crippen molar-refractivity contribution in [3.05, 3.63) is 51.7 Å². The van der Waals surface area contributed by atoms with E-state index in [1.54, 1.807) is 11.3 Å². The number of carbonyl (C=O) groups excluding carboxylic acids is 2. The highest BCUT2D eigenvalue weighted by atomic mass is 32.1. The van der Waals surface area contributed by atoms with E-state index in [0.29, 0.717) is 23.6 Å². The number of amides is 1. The minimum absolute atomic E-state index is 0.0845. The minimum Gasteiger partial charge on any atom is -0.462 e. The molecule has 2 atom stereocenters. The van der Waals surface area contributed by atoms with Crippen molar-refractivity contribution in [3.63, 3.8) is 0 Å². The Bertz CT molecular complexity index is 1390. The summed E-state index contributed by atoms with van der Waals surface area (Å²) in [6, 6.07) is 7.88. The van der Waals surface area contributed by atoms with Gasteiger partial charge in [0.15, 0.2) is 0 Å². The van der Waals surface area contributed by atoms with Gasteiger partial charge in [0.1, 0.15) is 5.00 Å². The molecule has 2 bridgehead atoms. The van der Waals surface area contributed by atoms with Crippen LogP contribution in [0.2, 0.25) is 0 Å². The van der Waals surface area contributed by atoms with E-state index in [1.165, 1.54) is 4.88 Å². The zero-order valence-corrected chi connectivity index (χ0v) is 21.6. The third-order valence-electron chi connectivity index (χ3n) is 9.21. The molecule has 6 nitrogen and oxygen atoms in total. The van der Waals surface area contributed by atoms with Gasteiger partial charge in [-0.15, -0.1) is 11.3 Å². The number of para-hydroxylation sites is 2.